The van der Waals surface area contributed by atoms with E-state index in [1.165, 1.54) is 0 Å². The van der Waals surface area contributed by atoms with Crippen LogP contribution in [0.5, 0.6) is 11.5 Å². The fourth-order valence-corrected chi connectivity index (χ4v) is 1.38. The van der Waals surface area contributed by atoms with E-state index in [9.17, 15) is 0 Å². The number of hydrogen-bond acceptors (Lipinski definition) is 4. The second-order valence-electron chi connectivity index (χ2n) is 3.38. The lowest BCUT2D eigenvalue weighted by molar-refractivity contribution is -0.143. The van der Waals surface area contributed by atoms with Crippen molar-refractivity contribution in [1.29, 1.82) is 0 Å². The number of rotatable bonds is 2. The third-order valence-corrected chi connectivity index (χ3v) is 2.17. The standard InChI is InChI=1S/C10H12O4/c1-7-2-3-8-9(4-7)14-10(5-11,6-12)13-8/h2-4,11-12H,5-6H2,1H3. The minimum atomic E-state index is -1.31. The van der Waals surface area contributed by atoms with Crippen LogP contribution in [0.2, 0.25) is 0 Å². The summed E-state index contributed by atoms with van der Waals surface area (Å²) in [5.74, 6) is -0.192. The first-order valence-corrected chi connectivity index (χ1v) is 4.39. The molecule has 1 aromatic rings. The molecular weight excluding hydrogens is 184 g/mol. The highest BCUT2D eigenvalue weighted by molar-refractivity contribution is 5.45. The minimum absolute atomic E-state index is 0.378. The van der Waals surface area contributed by atoms with Gasteiger partial charge < -0.3 is 19.7 Å². The van der Waals surface area contributed by atoms with Gasteiger partial charge in [-0.05, 0) is 24.6 Å². The van der Waals surface area contributed by atoms with Crippen LogP contribution in [0.4, 0.5) is 0 Å². The third-order valence-electron chi connectivity index (χ3n) is 2.17. The monoisotopic (exact) mass is 196 g/mol. The van der Waals surface area contributed by atoms with Crippen molar-refractivity contribution in [2.24, 2.45) is 0 Å². The molecule has 2 rings (SSSR count). The zero-order chi connectivity index (χ0) is 10.2. The molecule has 0 spiro atoms. The summed E-state index contributed by atoms with van der Waals surface area (Å²) in [4.78, 5) is 0. The summed E-state index contributed by atoms with van der Waals surface area (Å²) in [6.07, 6.45) is 0. The summed E-state index contributed by atoms with van der Waals surface area (Å²) in [5.41, 5.74) is 1.04. The van der Waals surface area contributed by atoms with Gasteiger partial charge in [0.05, 0.1) is 0 Å². The molecule has 0 bridgehead atoms. The molecule has 0 fully saturated rings. The number of aliphatic hydroxyl groups excluding tert-OH is 2. The van der Waals surface area contributed by atoms with Crippen LogP contribution in [-0.4, -0.2) is 29.2 Å². The molecular formula is C10H12O4. The van der Waals surface area contributed by atoms with Crippen molar-refractivity contribution in [3.05, 3.63) is 23.8 Å². The van der Waals surface area contributed by atoms with Crippen LogP contribution < -0.4 is 9.47 Å². The SMILES string of the molecule is Cc1ccc2c(c1)OC(CO)(CO)O2. The first-order valence-electron chi connectivity index (χ1n) is 4.39. The zero-order valence-corrected chi connectivity index (χ0v) is 7.86. The number of ether oxygens (including phenoxy) is 2. The van der Waals surface area contributed by atoms with Crippen molar-refractivity contribution in [1.82, 2.24) is 0 Å². The lowest BCUT2D eigenvalue weighted by Crippen LogP contribution is -2.46. The second kappa shape index (κ2) is 3.15. The first kappa shape index (κ1) is 9.30. The van der Waals surface area contributed by atoms with Gasteiger partial charge in [-0.15, -0.1) is 0 Å². The van der Waals surface area contributed by atoms with Gasteiger partial charge in [0.15, 0.2) is 11.5 Å². The Balaban J connectivity index is 2.33. The Morgan fingerprint density at radius 2 is 1.79 bits per heavy atom. The summed E-state index contributed by atoms with van der Waals surface area (Å²) < 4.78 is 10.7. The molecule has 14 heavy (non-hydrogen) atoms. The summed E-state index contributed by atoms with van der Waals surface area (Å²) >= 11 is 0. The topological polar surface area (TPSA) is 58.9 Å². The zero-order valence-electron chi connectivity index (χ0n) is 7.86. The minimum Gasteiger partial charge on any atom is -0.444 e. The Kier molecular flexibility index (Phi) is 2.09. The highest BCUT2D eigenvalue weighted by Crippen LogP contribution is 2.39. The Hall–Kier alpha value is -1.26. The third kappa shape index (κ3) is 1.32. The van der Waals surface area contributed by atoms with E-state index in [2.05, 4.69) is 0 Å². The van der Waals surface area contributed by atoms with E-state index < -0.39 is 5.79 Å². The number of aliphatic hydroxyl groups is 2. The largest absolute Gasteiger partial charge is 0.444 e. The van der Waals surface area contributed by atoms with Crippen LogP contribution >= 0.6 is 0 Å². The lowest BCUT2D eigenvalue weighted by Gasteiger charge is -2.22. The van der Waals surface area contributed by atoms with Crippen LogP contribution in [0.1, 0.15) is 5.56 Å². The van der Waals surface area contributed by atoms with E-state index in [4.69, 9.17) is 19.7 Å². The average molecular weight is 196 g/mol. The fraction of sp³-hybridized carbons (Fsp3) is 0.400. The molecule has 4 nitrogen and oxygen atoms in total. The predicted molar refractivity (Wildman–Crippen MR) is 49.3 cm³/mol. The van der Waals surface area contributed by atoms with E-state index in [-0.39, 0.29) is 13.2 Å². The molecule has 0 saturated carbocycles. The van der Waals surface area contributed by atoms with Gasteiger partial charge in [0.1, 0.15) is 13.2 Å². The van der Waals surface area contributed by atoms with Gasteiger partial charge >= 0.3 is 0 Å². The van der Waals surface area contributed by atoms with Crippen molar-refractivity contribution in [2.75, 3.05) is 13.2 Å². The highest BCUT2D eigenvalue weighted by Gasteiger charge is 2.40. The van der Waals surface area contributed by atoms with Gasteiger partial charge in [-0.2, -0.15) is 0 Å². The molecule has 0 saturated heterocycles. The van der Waals surface area contributed by atoms with Crippen molar-refractivity contribution in [2.45, 2.75) is 12.7 Å². The molecule has 1 aliphatic rings. The maximum absolute atomic E-state index is 9.05. The van der Waals surface area contributed by atoms with E-state index in [1.54, 1.807) is 6.07 Å². The van der Waals surface area contributed by atoms with E-state index in [0.29, 0.717) is 11.5 Å². The molecule has 0 aliphatic carbocycles. The number of aryl methyl sites for hydroxylation is 1. The molecule has 0 unspecified atom stereocenters. The van der Waals surface area contributed by atoms with Crippen molar-refractivity contribution >= 4 is 0 Å². The molecule has 0 atom stereocenters. The van der Waals surface area contributed by atoms with E-state index >= 15 is 0 Å². The molecule has 0 aromatic heterocycles. The van der Waals surface area contributed by atoms with Crippen molar-refractivity contribution in [3.8, 4) is 11.5 Å². The number of hydrogen-bond donors (Lipinski definition) is 2. The Bertz CT molecular complexity index is 344. The number of benzene rings is 1. The van der Waals surface area contributed by atoms with Gasteiger partial charge in [0, 0.05) is 0 Å². The van der Waals surface area contributed by atoms with Gasteiger partial charge in [-0.3, -0.25) is 0 Å². The van der Waals surface area contributed by atoms with Crippen LogP contribution in [-0.2, 0) is 0 Å². The molecule has 1 heterocycles. The first-order chi connectivity index (χ1) is 6.69. The predicted octanol–water partition coefficient (Wildman–Crippen LogP) is 0.447. The van der Waals surface area contributed by atoms with E-state index in [0.717, 1.165) is 5.56 Å². The van der Waals surface area contributed by atoms with Crippen molar-refractivity contribution in [3.63, 3.8) is 0 Å². The molecule has 2 N–H and O–H groups in total. The molecule has 76 valence electrons. The summed E-state index contributed by atoms with van der Waals surface area (Å²) in [7, 11) is 0. The van der Waals surface area contributed by atoms with Crippen LogP contribution in [0, 0.1) is 6.92 Å². The van der Waals surface area contributed by atoms with Gasteiger partial charge in [0.2, 0.25) is 0 Å². The summed E-state index contributed by atoms with van der Waals surface area (Å²) in [6.45, 7) is 1.18. The quantitative estimate of drug-likeness (QED) is 0.721. The second-order valence-corrected chi connectivity index (χ2v) is 3.38. The average Bonchev–Trinajstić information content (AvgIpc) is 2.56. The van der Waals surface area contributed by atoms with Crippen molar-refractivity contribution < 1.29 is 19.7 Å². The summed E-state index contributed by atoms with van der Waals surface area (Å²) in [6, 6.07) is 5.45. The Labute approximate surface area is 81.7 Å². The maximum Gasteiger partial charge on any atom is 0.297 e. The van der Waals surface area contributed by atoms with Gasteiger partial charge in [-0.1, -0.05) is 6.07 Å². The lowest BCUT2D eigenvalue weighted by atomic mass is 10.2. The highest BCUT2D eigenvalue weighted by atomic mass is 16.7. The fourth-order valence-electron chi connectivity index (χ4n) is 1.38. The molecule has 0 amide bonds. The molecule has 1 aliphatic heterocycles. The normalized spacial score (nSPS) is 17.1. The Morgan fingerprint density at radius 1 is 1.14 bits per heavy atom. The Morgan fingerprint density at radius 3 is 2.43 bits per heavy atom. The maximum atomic E-state index is 9.05. The molecule has 4 heteroatoms. The van der Waals surface area contributed by atoms with Crippen LogP contribution in [0.3, 0.4) is 0 Å². The molecule has 0 radical (unpaired) electrons. The van der Waals surface area contributed by atoms with Crippen LogP contribution in [0.25, 0.3) is 0 Å². The smallest absolute Gasteiger partial charge is 0.297 e. The van der Waals surface area contributed by atoms with Gasteiger partial charge in [0.25, 0.3) is 5.79 Å². The molecule has 1 aromatic carbocycles. The van der Waals surface area contributed by atoms with Gasteiger partial charge in [-0.25, -0.2) is 0 Å². The number of fused-ring (bicyclic) bond motifs is 1. The van der Waals surface area contributed by atoms with E-state index in [1.807, 2.05) is 19.1 Å². The van der Waals surface area contributed by atoms with Crippen LogP contribution in [0.15, 0.2) is 18.2 Å². The summed E-state index contributed by atoms with van der Waals surface area (Å²) in [5, 5.41) is 18.1.